The van der Waals surface area contributed by atoms with Crippen LogP contribution in [-0.4, -0.2) is 38.8 Å². The number of aliphatic hydroxyl groups excluding tert-OH is 1. The van der Waals surface area contributed by atoms with Gasteiger partial charge < -0.3 is 19.0 Å². The smallest absolute Gasteiger partial charge is 0.271 e. The first-order valence-corrected chi connectivity index (χ1v) is 12.8. The predicted octanol–water partition coefficient (Wildman–Crippen LogP) is 5.29. The largest absolute Gasteiger partial charge is 0.463 e. The van der Waals surface area contributed by atoms with E-state index in [0.717, 1.165) is 22.1 Å². The Morgan fingerprint density at radius 3 is 2.73 bits per heavy atom. The molecule has 2 aromatic heterocycles. The Morgan fingerprint density at radius 1 is 1.21 bits per heavy atom. The number of carbonyl (C=O) groups excluding carboxylic acids is 1. The van der Waals surface area contributed by atoms with Gasteiger partial charge in [0.05, 0.1) is 23.9 Å². The van der Waals surface area contributed by atoms with E-state index in [1.165, 1.54) is 38.5 Å². The van der Waals surface area contributed by atoms with Crippen LogP contribution in [0.25, 0.3) is 11.1 Å². The number of nitrogens with zero attached hydrogens (tertiary/aromatic N) is 2. The van der Waals surface area contributed by atoms with Crippen molar-refractivity contribution in [3.8, 4) is 0 Å². The molecule has 0 saturated heterocycles. The molecule has 6 nitrogen and oxygen atoms in total. The normalized spacial score (nSPS) is 23.0. The Kier molecular flexibility index (Phi) is 6.38. The number of halogens is 1. The SMILES string of the molecule is CC1(C(O)NCC2CCCCCC2)Cn2c(cc3occc32)C(=O)N1Cc1ccccc1Br. The molecule has 1 aromatic carbocycles. The molecule has 2 N–H and O–H groups in total. The van der Waals surface area contributed by atoms with Gasteiger partial charge in [0.15, 0.2) is 5.58 Å². The third-order valence-corrected chi connectivity index (χ3v) is 8.31. The number of hydrogen-bond acceptors (Lipinski definition) is 4. The molecule has 5 rings (SSSR count). The molecule has 3 aromatic rings. The number of aliphatic hydroxyl groups is 1. The first-order valence-electron chi connectivity index (χ1n) is 12.0. The van der Waals surface area contributed by atoms with E-state index >= 15 is 0 Å². The topological polar surface area (TPSA) is 70.6 Å². The fourth-order valence-electron chi connectivity index (χ4n) is 5.45. The maximum atomic E-state index is 13.8. The van der Waals surface area contributed by atoms with Gasteiger partial charge in [-0.25, -0.2) is 0 Å². The second-order valence-electron chi connectivity index (χ2n) is 9.79. The fraction of sp³-hybridized carbons (Fsp3) is 0.500. The lowest BCUT2D eigenvalue weighted by molar-refractivity contribution is -0.0497. The van der Waals surface area contributed by atoms with Crippen molar-refractivity contribution < 1.29 is 14.3 Å². The minimum absolute atomic E-state index is 0.0961. The zero-order valence-corrected chi connectivity index (χ0v) is 20.7. The van der Waals surface area contributed by atoms with E-state index in [1.807, 2.05) is 52.8 Å². The number of benzene rings is 1. The van der Waals surface area contributed by atoms with Gasteiger partial charge in [-0.05, 0) is 37.3 Å². The standard InChI is InChI=1S/C26H32BrN3O3/c1-26(25(32)28-15-18-8-4-2-3-5-9-18)17-29-21-12-13-33-23(21)14-22(29)24(31)30(26)16-19-10-6-7-11-20(19)27/h6-7,10-14,18,25,28,32H,2-5,8-9,15-17H2,1H3. The third-order valence-electron chi connectivity index (χ3n) is 7.53. The number of carbonyl (C=O) groups is 1. The Morgan fingerprint density at radius 2 is 1.97 bits per heavy atom. The first-order chi connectivity index (χ1) is 16.0. The molecule has 1 amide bonds. The van der Waals surface area contributed by atoms with Gasteiger partial charge in [-0.1, -0.05) is 59.8 Å². The number of aromatic nitrogens is 1. The van der Waals surface area contributed by atoms with Crippen molar-refractivity contribution in [1.29, 1.82) is 0 Å². The van der Waals surface area contributed by atoms with E-state index < -0.39 is 11.8 Å². The lowest BCUT2D eigenvalue weighted by Crippen LogP contribution is -2.65. The number of rotatable bonds is 6. The highest BCUT2D eigenvalue weighted by atomic mass is 79.9. The molecule has 1 aliphatic carbocycles. The van der Waals surface area contributed by atoms with Gasteiger partial charge in [0, 0.05) is 29.7 Å². The van der Waals surface area contributed by atoms with Crippen molar-refractivity contribution in [3.05, 3.63) is 58.4 Å². The fourth-order valence-corrected chi connectivity index (χ4v) is 5.86. The molecule has 7 heteroatoms. The van der Waals surface area contributed by atoms with Crippen molar-refractivity contribution in [3.63, 3.8) is 0 Å². The Hall–Kier alpha value is -2.09. The molecular formula is C26H32BrN3O3. The molecule has 0 spiro atoms. The molecule has 176 valence electrons. The monoisotopic (exact) mass is 513 g/mol. The van der Waals surface area contributed by atoms with Crippen LogP contribution in [0, 0.1) is 5.92 Å². The zero-order valence-electron chi connectivity index (χ0n) is 19.1. The van der Waals surface area contributed by atoms with Crippen LogP contribution in [0.2, 0.25) is 0 Å². The van der Waals surface area contributed by atoms with Crippen LogP contribution in [-0.2, 0) is 13.1 Å². The molecule has 33 heavy (non-hydrogen) atoms. The van der Waals surface area contributed by atoms with Gasteiger partial charge >= 0.3 is 0 Å². The van der Waals surface area contributed by atoms with Crippen molar-refractivity contribution in [2.45, 2.75) is 70.3 Å². The minimum Gasteiger partial charge on any atom is -0.463 e. The highest BCUT2D eigenvalue weighted by Crippen LogP contribution is 2.36. The van der Waals surface area contributed by atoms with E-state index in [2.05, 4.69) is 21.2 Å². The quantitative estimate of drug-likeness (QED) is 0.347. The summed E-state index contributed by atoms with van der Waals surface area (Å²) in [4.78, 5) is 15.6. The third kappa shape index (κ3) is 4.27. The van der Waals surface area contributed by atoms with E-state index in [-0.39, 0.29) is 5.91 Å². The summed E-state index contributed by atoms with van der Waals surface area (Å²) in [5.41, 5.74) is 2.37. The molecule has 2 unspecified atom stereocenters. The Balaban J connectivity index is 1.46. The summed E-state index contributed by atoms with van der Waals surface area (Å²) in [6.45, 7) is 3.65. The number of furan rings is 1. The summed E-state index contributed by atoms with van der Waals surface area (Å²) in [5, 5.41) is 14.9. The van der Waals surface area contributed by atoms with Crippen LogP contribution in [0.5, 0.6) is 0 Å². The van der Waals surface area contributed by atoms with Crippen LogP contribution in [0.1, 0.15) is 61.5 Å². The maximum Gasteiger partial charge on any atom is 0.271 e. The van der Waals surface area contributed by atoms with Gasteiger partial charge in [-0.15, -0.1) is 0 Å². The Labute approximate surface area is 203 Å². The highest BCUT2D eigenvalue weighted by Gasteiger charge is 2.47. The van der Waals surface area contributed by atoms with Gasteiger partial charge in [0.25, 0.3) is 5.91 Å². The lowest BCUT2D eigenvalue weighted by atomic mass is 9.92. The second kappa shape index (κ2) is 9.28. The van der Waals surface area contributed by atoms with Gasteiger partial charge in [-0.2, -0.15) is 0 Å². The summed E-state index contributed by atoms with van der Waals surface area (Å²) < 4.78 is 8.53. The van der Waals surface area contributed by atoms with E-state index in [4.69, 9.17) is 4.42 Å². The van der Waals surface area contributed by atoms with Gasteiger partial charge in [0.2, 0.25) is 0 Å². The predicted molar refractivity (Wildman–Crippen MR) is 132 cm³/mol. The van der Waals surface area contributed by atoms with Crippen molar-refractivity contribution in [1.82, 2.24) is 14.8 Å². The van der Waals surface area contributed by atoms with Gasteiger partial charge in [0.1, 0.15) is 11.9 Å². The van der Waals surface area contributed by atoms with Crippen LogP contribution >= 0.6 is 15.9 Å². The van der Waals surface area contributed by atoms with Crippen molar-refractivity contribution >= 4 is 32.9 Å². The summed E-state index contributed by atoms with van der Waals surface area (Å²) in [5.74, 6) is 0.477. The average Bonchev–Trinajstić information content (AvgIpc) is 3.29. The number of amides is 1. The first kappa shape index (κ1) is 22.7. The molecule has 1 fully saturated rings. The van der Waals surface area contributed by atoms with Gasteiger partial charge in [-0.3, -0.25) is 10.1 Å². The summed E-state index contributed by atoms with van der Waals surface area (Å²) in [6, 6.07) is 11.6. The second-order valence-corrected chi connectivity index (χ2v) is 10.6. The summed E-state index contributed by atoms with van der Waals surface area (Å²) in [7, 11) is 0. The molecule has 1 aliphatic heterocycles. The average molecular weight is 514 g/mol. The van der Waals surface area contributed by atoms with Crippen LogP contribution < -0.4 is 5.32 Å². The van der Waals surface area contributed by atoms with Crippen LogP contribution in [0.4, 0.5) is 0 Å². The Bertz CT molecular complexity index is 1130. The number of hydrogen-bond donors (Lipinski definition) is 2. The minimum atomic E-state index is -0.857. The molecule has 2 atom stereocenters. The van der Waals surface area contributed by atoms with Crippen molar-refractivity contribution in [2.75, 3.05) is 6.54 Å². The number of nitrogens with one attached hydrogen (secondary N) is 1. The molecule has 2 aliphatic rings. The highest BCUT2D eigenvalue weighted by molar-refractivity contribution is 9.10. The molecule has 3 heterocycles. The zero-order chi connectivity index (χ0) is 23.0. The molecular weight excluding hydrogens is 482 g/mol. The summed E-state index contributed by atoms with van der Waals surface area (Å²) >= 11 is 3.63. The van der Waals surface area contributed by atoms with Crippen molar-refractivity contribution in [2.24, 2.45) is 5.92 Å². The molecule has 0 bridgehead atoms. The van der Waals surface area contributed by atoms with Crippen LogP contribution in [0.3, 0.4) is 0 Å². The van der Waals surface area contributed by atoms with E-state index in [0.29, 0.717) is 30.3 Å². The van der Waals surface area contributed by atoms with E-state index in [1.54, 1.807) is 6.26 Å². The van der Waals surface area contributed by atoms with E-state index in [9.17, 15) is 9.90 Å². The maximum absolute atomic E-state index is 13.8. The molecule has 1 saturated carbocycles. The summed E-state index contributed by atoms with van der Waals surface area (Å²) in [6.07, 6.45) is 8.33. The molecule has 0 radical (unpaired) electrons. The lowest BCUT2D eigenvalue weighted by Gasteiger charge is -2.48. The number of fused-ring (bicyclic) bond motifs is 3. The van der Waals surface area contributed by atoms with Crippen LogP contribution in [0.15, 0.2) is 51.6 Å².